The van der Waals surface area contributed by atoms with Gasteiger partial charge in [0.2, 0.25) is 0 Å². The van der Waals surface area contributed by atoms with Gasteiger partial charge in [-0.25, -0.2) is 0 Å². The molecule has 0 unspecified atom stereocenters. The second kappa shape index (κ2) is 11.7. The van der Waals surface area contributed by atoms with Crippen LogP contribution < -0.4 is 9.47 Å². The number of piperidine rings is 2. The third-order valence-electron chi connectivity index (χ3n) is 7.53. The lowest BCUT2D eigenvalue weighted by Crippen LogP contribution is -2.59. The quantitative estimate of drug-likeness (QED) is 0.566. The number of hydrogen-bond donors (Lipinski definition) is 2. The maximum Gasteiger partial charge on any atom is 0.137 e. The molecule has 2 N–H and O–H groups in total. The summed E-state index contributed by atoms with van der Waals surface area (Å²) in [6.07, 6.45) is 3.67. The lowest BCUT2D eigenvalue weighted by molar-refractivity contribution is -0.140. The zero-order chi connectivity index (χ0) is 24.8. The van der Waals surface area contributed by atoms with Crippen LogP contribution in [0.5, 0.6) is 11.5 Å². The highest BCUT2D eigenvalue weighted by molar-refractivity contribution is 5.42. The third kappa shape index (κ3) is 6.98. The van der Waals surface area contributed by atoms with Gasteiger partial charge in [-0.2, -0.15) is 0 Å². The number of likely N-dealkylation sites (tertiary alicyclic amines) is 2. The monoisotopic (exact) mass is 482 g/mol. The van der Waals surface area contributed by atoms with Crippen molar-refractivity contribution in [3.05, 3.63) is 58.7 Å². The number of aryl methyl sites for hydroxylation is 2. The molecule has 192 valence electrons. The second-order valence-corrected chi connectivity index (χ2v) is 10.5. The van der Waals surface area contributed by atoms with E-state index in [9.17, 15) is 10.2 Å². The van der Waals surface area contributed by atoms with Crippen LogP contribution in [0.25, 0.3) is 0 Å². The molecule has 6 heteroatoms. The van der Waals surface area contributed by atoms with Gasteiger partial charge >= 0.3 is 0 Å². The van der Waals surface area contributed by atoms with Crippen molar-refractivity contribution >= 4 is 0 Å². The molecular formula is C29H42N2O4. The Morgan fingerprint density at radius 2 is 1.69 bits per heavy atom. The molecule has 35 heavy (non-hydrogen) atoms. The van der Waals surface area contributed by atoms with Crippen LogP contribution in [0.4, 0.5) is 0 Å². The van der Waals surface area contributed by atoms with Crippen molar-refractivity contribution in [2.45, 2.75) is 64.7 Å². The van der Waals surface area contributed by atoms with E-state index in [0.29, 0.717) is 19.5 Å². The Labute approximate surface area is 210 Å². The highest BCUT2D eigenvalue weighted by Gasteiger charge is 2.42. The molecule has 6 nitrogen and oxygen atoms in total. The number of aliphatic hydroxyl groups excluding tert-OH is 1. The van der Waals surface area contributed by atoms with Crippen molar-refractivity contribution in [1.82, 2.24) is 9.80 Å². The molecule has 0 radical (unpaired) electrons. The number of rotatable bonds is 9. The Kier molecular flexibility index (Phi) is 8.71. The van der Waals surface area contributed by atoms with Crippen LogP contribution in [0.15, 0.2) is 36.4 Å². The molecule has 2 saturated heterocycles. The van der Waals surface area contributed by atoms with Crippen LogP contribution in [0.1, 0.15) is 47.9 Å². The first-order chi connectivity index (χ1) is 16.8. The van der Waals surface area contributed by atoms with Crippen molar-refractivity contribution in [3.63, 3.8) is 0 Å². The minimum atomic E-state index is -1.31. The molecule has 0 spiro atoms. The fourth-order valence-electron chi connectivity index (χ4n) is 5.20. The van der Waals surface area contributed by atoms with E-state index in [1.807, 2.05) is 32.0 Å². The molecule has 2 aromatic rings. The van der Waals surface area contributed by atoms with Crippen molar-refractivity contribution in [1.29, 1.82) is 0 Å². The van der Waals surface area contributed by atoms with E-state index in [-0.39, 0.29) is 6.61 Å². The summed E-state index contributed by atoms with van der Waals surface area (Å²) in [4.78, 5) is 4.67. The summed E-state index contributed by atoms with van der Waals surface area (Å²) in [5, 5.41) is 21.9. The van der Waals surface area contributed by atoms with Crippen molar-refractivity contribution in [2.75, 3.05) is 45.9 Å². The lowest BCUT2D eigenvalue weighted by atomic mass is 9.90. The van der Waals surface area contributed by atoms with E-state index in [1.165, 1.54) is 32.4 Å². The van der Waals surface area contributed by atoms with E-state index in [4.69, 9.17) is 9.47 Å². The van der Waals surface area contributed by atoms with Gasteiger partial charge in [-0.3, -0.25) is 9.80 Å². The first-order valence-corrected chi connectivity index (χ1v) is 13.1. The van der Waals surface area contributed by atoms with Crippen LogP contribution in [0, 0.1) is 20.8 Å². The predicted octanol–water partition coefficient (Wildman–Crippen LogP) is 3.85. The van der Waals surface area contributed by atoms with Crippen LogP contribution in [-0.2, 0) is 6.54 Å². The van der Waals surface area contributed by atoms with Gasteiger partial charge < -0.3 is 19.7 Å². The molecule has 4 rings (SSSR count). The van der Waals surface area contributed by atoms with Gasteiger partial charge in [0.1, 0.15) is 30.3 Å². The number of ether oxygens (including phenoxy) is 2. The summed E-state index contributed by atoms with van der Waals surface area (Å²) in [5.74, 6) is 1.67. The molecule has 0 saturated carbocycles. The SMILES string of the molecule is Cc1cc(C)c(C)c(OC[C@@]2(O)CN(Cc3ccc(OCCN4CCCCC4)cc3)CC[C@@H]2O)c1. The Morgan fingerprint density at radius 3 is 2.43 bits per heavy atom. The summed E-state index contributed by atoms with van der Waals surface area (Å²) in [5.41, 5.74) is 3.22. The fraction of sp³-hybridized carbons (Fsp3) is 0.586. The van der Waals surface area contributed by atoms with Gasteiger partial charge in [0, 0.05) is 26.2 Å². The molecule has 2 aliphatic heterocycles. The lowest BCUT2D eigenvalue weighted by Gasteiger charge is -2.42. The minimum absolute atomic E-state index is 0.0677. The molecule has 0 bridgehead atoms. The van der Waals surface area contributed by atoms with Crippen LogP contribution in [-0.4, -0.2) is 77.7 Å². The van der Waals surface area contributed by atoms with Crippen LogP contribution >= 0.6 is 0 Å². The topological polar surface area (TPSA) is 65.4 Å². The van der Waals surface area contributed by atoms with Crippen LogP contribution in [0.3, 0.4) is 0 Å². The molecule has 2 fully saturated rings. The number of β-amino-alcohol motifs (C(OH)–C–C–N with tert-alkyl or cyclic N) is 1. The van der Waals surface area contributed by atoms with Crippen molar-refractivity contribution < 1.29 is 19.7 Å². The highest BCUT2D eigenvalue weighted by Crippen LogP contribution is 2.28. The molecule has 2 aliphatic rings. The van der Waals surface area contributed by atoms with Gasteiger partial charge in [0.15, 0.2) is 0 Å². The van der Waals surface area contributed by atoms with Gasteiger partial charge in [-0.1, -0.05) is 24.6 Å². The minimum Gasteiger partial charge on any atom is -0.492 e. The molecular weight excluding hydrogens is 440 g/mol. The van der Waals surface area contributed by atoms with E-state index in [0.717, 1.165) is 53.4 Å². The second-order valence-electron chi connectivity index (χ2n) is 10.5. The first kappa shape index (κ1) is 26.0. The Balaban J connectivity index is 1.28. The maximum atomic E-state index is 11.3. The number of hydrogen-bond acceptors (Lipinski definition) is 6. The van der Waals surface area contributed by atoms with Gasteiger partial charge in [0.25, 0.3) is 0 Å². The molecule has 2 aromatic carbocycles. The summed E-state index contributed by atoms with van der Waals surface area (Å²) in [7, 11) is 0. The Hall–Kier alpha value is -2.12. The Morgan fingerprint density at radius 1 is 0.943 bits per heavy atom. The van der Waals surface area contributed by atoms with Gasteiger partial charge in [-0.15, -0.1) is 0 Å². The average Bonchev–Trinajstić information content (AvgIpc) is 2.85. The first-order valence-electron chi connectivity index (χ1n) is 13.1. The summed E-state index contributed by atoms with van der Waals surface area (Å²) >= 11 is 0. The molecule has 0 amide bonds. The molecule has 2 atom stereocenters. The number of nitrogens with zero attached hydrogens (tertiary/aromatic N) is 2. The fourth-order valence-corrected chi connectivity index (χ4v) is 5.20. The van der Waals surface area contributed by atoms with E-state index < -0.39 is 11.7 Å². The average molecular weight is 483 g/mol. The standard InChI is InChI=1S/C29H42N2O4/c1-22-17-23(2)24(3)27(18-22)35-21-29(33)20-31(14-11-28(29)32)19-25-7-9-26(10-8-25)34-16-15-30-12-5-4-6-13-30/h7-10,17-18,28,32-33H,4-6,11-16,19-21H2,1-3H3/t28-,29-/m0/s1. The largest absolute Gasteiger partial charge is 0.492 e. The normalized spacial score (nSPS) is 23.9. The smallest absolute Gasteiger partial charge is 0.137 e. The van der Waals surface area contributed by atoms with Crippen molar-refractivity contribution in [3.8, 4) is 11.5 Å². The zero-order valence-corrected chi connectivity index (χ0v) is 21.6. The van der Waals surface area contributed by atoms with E-state index >= 15 is 0 Å². The van der Waals surface area contributed by atoms with E-state index in [1.54, 1.807) is 0 Å². The summed E-state index contributed by atoms with van der Waals surface area (Å²) in [6.45, 7) is 12.1. The number of aliphatic hydroxyl groups is 2. The number of benzene rings is 2. The van der Waals surface area contributed by atoms with Crippen molar-refractivity contribution in [2.24, 2.45) is 0 Å². The Bertz CT molecular complexity index is 958. The van der Waals surface area contributed by atoms with Gasteiger partial charge in [-0.05, 0) is 93.6 Å². The highest BCUT2D eigenvalue weighted by atomic mass is 16.5. The van der Waals surface area contributed by atoms with Crippen LogP contribution in [0.2, 0.25) is 0 Å². The molecule has 0 aromatic heterocycles. The summed E-state index contributed by atoms with van der Waals surface area (Å²) < 4.78 is 12.0. The summed E-state index contributed by atoms with van der Waals surface area (Å²) in [6, 6.07) is 12.4. The zero-order valence-electron chi connectivity index (χ0n) is 21.6. The molecule has 2 heterocycles. The maximum absolute atomic E-state index is 11.3. The van der Waals surface area contributed by atoms with Gasteiger partial charge in [0.05, 0.1) is 6.10 Å². The third-order valence-corrected chi connectivity index (χ3v) is 7.53. The molecule has 0 aliphatic carbocycles. The van der Waals surface area contributed by atoms with E-state index in [2.05, 4.69) is 34.9 Å². The predicted molar refractivity (Wildman–Crippen MR) is 139 cm³/mol.